The van der Waals surface area contributed by atoms with Crippen LogP contribution in [0.2, 0.25) is 0 Å². The molecule has 7 nitrogen and oxygen atoms in total. The highest BCUT2D eigenvalue weighted by Gasteiger charge is 2.24. The molecule has 0 aliphatic carbocycles. The molecule has 0 spiro atoms. The van der Waals surface area contributed by atoms with Gasteiger partial charge in [-0.05, 0) is 5.56 Å². The third-order valence-electron chi connectivity index (χ3n) is 2.78. The highest BCUT2D eigenvalue weighted by atomic mass is 16.5. The Balaban J connectivity index is 2.41. The number of esters is 1. The highest BCUT2D eigenvalue weighted by molar-refractivity contribution is 5.92. The third-order valence-corrected chi connectivity index (χ3v) is 2.78. The number of carboxylic acids is 1. The molecule has 0 atom stereocenters. The monoisotopic (exact) mass is 304 g/mol. The minimum atomic E-state index is -1.48. The number of ether oxygens (including phenoxy) is 2. The minimum absolute atomic E-state index is 0.0291. The van der Waals surface area contributed by atoms with Crippen molar-refractivity contribution in [3.05, 3.63) is 63.7 Å². The average molecular weight is 304 g/mol. The Morgan fingerprint density at radius 2 is 1.91 bits per heavy atom. The van der Waals surface area contributed by atoms with E-state index in [1.54, 1.807) is 24.3 Å². The van der Waals surface area contributed by atoms with Crippen LogP contribution in [0.25, 0.3) is 0 Å². The minimum Gasteiger partial charge on any atom is -0.481 e. The molecular weight excluding hydrogens is 292 g/mol. The first kappa shape index (κ1) is 15.3. The quantitative estimate of drug-likeness (QED) is 0.838. The topological polar surface area (TPSA) is 103 Å². The molecule has 1 aromatic heterocycles. The Morgan fingerprint density at radius 3 is 2.50 bits per heavy atom. The summed E-state index contributed by atoms with van der Waals surface area (Å²) in [6, 6.07) is 8.86. The van der Waals surface area contributed by atoms with Gasteiger partial charge in [-0.1, -0.05) is 30.3 Å². The second kappa shape index (κ2) is 6.57. The molecule has 0 amide bonds. The van der Waals surface area contributed by atoms with Gasteiger partial charge in [-0.2, -0.15) is 0 Å². The second-order valence-electron chi connectivity index (χ2n) is 4.21. The number of hydrogen-bond donors (Lipinski definition) is 1. The van der Waals surface area contributed by atoms with Gasteiger partial charge in [-0.15, -0.1) is 0 Å². The van der Waals surface area contributed by atoms with Gasteiger partial charge in [0, 0.05) is 0 Å². The highest BCUT2D eigenvalue weighted by Crippen LogP contribution is 2.17. The molecule has 2 rings (SSSR count). The van der Waals surface area contributed by atoms with E-state index in [9.17, 15) is 14.4 Å². The van der Waals surface area contributed by atoms with Crippen LogP contribution < -0.4 is 10.2 Å². The summed E-state index contributed by atoms with van der Waals surface area (Å²) >= 11 is 0. The summed E-state index contributed by atoms with van der Waals surface area (Å²) in [4.78, 5) is 34.7. The summed E-state index contributed by atoms with van der Waals surface area (Å²) in [6.45, 7) is -0.0291. The molecule has 0 aliphatic heterocycles. The molecule has 7 heteroatoms. The molecule has 22 heavy (non-hydrogen) atoms. The molecule has 114 valence electrons. The Kier molecular flexibility index (Phi) is 4.57. The number of carbonyl (C=O) groups is 2. The van der Waals surface area contributed by atoms with E-state index in [2.05, 4.69) is 4.74 Å². The Bertz CT molecular complexity index is 746. The molecule has 1 aromatic carbocycles. The molecule has 0 aliphatic rings. The zero-order chi connectivity index (χ0) is 16.1. The van der Waals surface area contributed by atoms with Gasteiger partial charge in [0.2, 0.25) is 11.2 Å². The lowest BCUT2D eigenvalue weighted by atomic mass is 10.2. The smallest absolute Gasteiger partial charge is 0.378 e. The zero-order valence-electron chi connectivity index (χ0n) is 11.6. The molecular formula is C15H12O7. The van der Waals surface area contributed by atoms with Gasteiger partial charge in [-0.25, -0.2) is 9.59 Å². The predicted octanol–water partition coefficient (Wildman–Crippen LogP) is 1.70. The normalized spacial score (nSPS) is 10.0. The van der Waals surface area contributed by atoms with E-state index in [1.165, 1.54) is 0 Å². The van der Waals surface area contributed by atoms with E-state index < -0.39 is 34.4 Å². The van der Waals surface area contributed by atoms with E-state index in [0.717, 1.165) is 12.7 Å². The Hall–Kier alpha value is -3.09. The largest absolute Gasteiger partial charge is 0.481 e. The lowest BCUT2D eigenvalue weighted by Gasteiger charge is -2.09. The summed E-state index contributed by atoms with van der Waals surface area (Å²) in [5, 5.41) is 8.93. The maximum Gasteiger partial charge on any atom is 0.378 e. The summed E-state index contributed by atoms with van der Waals surface area (Å²) < 4.78 is 14.7. The maximum absolute atomic E-state index is 12.1. The van der Waals surface area contributed by atoms with Gasteiger partial charge >= 0.3 is 11.9 Å². The molecule has 0 fully saturated rings. The SMILES string of the molecule is COC(=O)c1occ(C(=O)O)c(=O)c1OCc1ccccc1. The third kappa shape index (κ3) is 3.14. The van der Waals surface area contributed by atoms with Gasteiger partial charge in [0.05, 0.1) is 7.11 Å². The van der Waals surface area contributed by atoms with Crippen molar-refractivity contribution in [2.45, 2.75) is 6.61 Å². The van der Waals surface area contributed by atoms with Gasteiger partial charge in [0.25, 0.3) is 5.76 Å². The lowest BCUT2D eigenvalue weighted by Crippen LogP contribution is -2.20. The zero-order valence-corrected chi connectivity index (χ0v) is 11.6. The van der Waals surface area contributed by atoms with Crippen LogP contribution in [0.5, 0.6) is 5.75 Å². The number of hydrogen-bond acceptors (Lipinski definition) is 6. The van der Waals surface area contributed by atoms with Crippen molar-refractivity contribution in [2.75, 3.05) is 7.11 Å². The van der Waals surface area contributed by atoms with E-state index >= 15 is 0 Å². The summed E-state index contributed by atoms with van der Waals surface area (Å²) in [5.41, 5.74) is -0.843. The van der Waals surface area contributed by atoms with Crippen LogP contribution in [0.1, 0.15) is 26.5 Å². The van der Waals surface area contributed by atoms with Crippen LogP contribution >= 0.6 is 0 Å². The number of aromatic carboxylic acids is 1. The van der Waals surface area contributed by atoms with Gasteiger partial charge < -0.3 is 19.0 Å². The lowest BCUT2D eigenvalue weighted by molar-refractivity contribution is 0.0547. The fourth-order valence-corrected chi connectivity index (χ4v) is 1.69. The van der Waals surface area contributed by atoms with E-state index in [0.29, 0.717) is 6.26 Å². The fraction of sp³-hybridized carbons (Fsp3) is 0.133. The van der Waals surface area contributed by atoms with E-state index in [-0.39, 0.29) is 6.61 Å². The fourth-order valence-electron chi connectivity index (χ4n) is 1.69. The number of benzene rings is 1. The first-order valence-corrected chi connectivity index (χ1v) is 6.18. The summed E-state index contributed by atoms with van der Waals surface area (Å²) in [5.74, 6) is -3.38. The van der Waals surface area contributed by atoms with Crippen LogP contribution in [0.3, 0.4) is 0 Å². The molecule has 1 N–H and O–H groups in total. The van der Waals surface area contributed by atoms with Crippen molar-refractivity contribution in [1.82, 2.24) is 0 Å². The van der Waals surface area contributed by atoms with Crippen LogP contribution in [0.4, 0.5) is 0 Å². The summed E-state index contributed by atoms with van der Waals surface area (Å²) in [6.07, 6.45) is 0.687. The van der Waals surface area contributed by atoms with Crippen LogP contribution in [0.15, 0.2) is 45.8 Å². The van der Waals surface area contributed by atoms with Crippen molar-refractivity contribution >= 4 is 11.9 Å². The molecule has 0 unspecified atom stereocenters. The standard InChI is InChI=1S/C15H12O7/c1-20-15(19)13-12(11(16)10(8-22-13)14(17)18)21-7-9-5-3-2-4-6-9/h2-6,8H,7H2,1H3,(H,17,18). The van der Waals surface area contributed by atoms with Crippen LogP contribution in [0, 0.1) is 0 Å². The number of rotatable bonds is 5. The van der Waals surface area contributed by atoms with Gasteiger partial charge in [0.1, 0.15) is 18.4 Å². The molecule has 0 saturated carbocycles. The average Bonchev–Trinajstić information content (AvgIpc) is 2.53. The molecule has 0 bridgehead atoms. The van der Waals surface area contributed by atoms with Crippen molar-refractivity contribution in [2.24, 2.45) is 0 Å². The number of methoxy groups -OCH3 is 1. The van der Waals surface area contributed by atoms with Crippen LogP contribution in [-0.4, -0.2) is 24.2 Å². The van der Waals surface area contributed by atoms with Gasteiger partial charge in [-0.3, -0.25) is 4.79 Å². The molecule has 0 saturated heterocycles. The van der Waals surface area contributed by atoms with Crippen molar-refractivity contribution in [1.29, 1.82) is 0 Å². The molecule has 2 aromatic rings. The molecule has 1 heterocycles. The van der Waals surface area contributed by atoms with Crippen molar-refractivity contribution < 1.29 is 28.6 Å². The van der Waals surface area contributed by atoms with Crippen LogP contribution in [-0.2, 0) is 11.3 Å². The number of carbonyl (C=O) groups excluding carboxylic acids is 1. The molecule has 0 radical (unpaired) electrons. The Labute approximate surface area is 124 Å². The predicted molar refractivity (Wildman–Crippen MR) is 74.1 cm³/mol. The second-order valence-corrected chi connectivity index (χ2v) is 4.21. The van der Waals surface area contributed by atoms with Gasteiger partial charge in [0.15, 0.2) is 0 Å². The van der Waals surface area contributed by atoms with E-state index in [1.807, 2.05) is 6.07 Å². The maximum atomic E-state index is 12.1. The van der Waals surface area contributed by atoms with Crippen molar-refractivity contribution in [3.8, 4) is 5.75 Å². The van der Waals surface area contributed by atoms with E-state index in [4.69, 9.17) is 14.3 Å². The Morgan fingerprint density at radius 1 is 1.23 bits per heavy atom. The van der Waals surface area contributed by atoms with Crippen molar-refractivity contribution in [3.63, 3.8) is 0 Å². The number of carboxylic acid groups (broad SMARTS) is 1. The summed E-state index contributed by atoms with van der Waals surface area (Å²) in [7, 11) is 1.11. The first-order chi connectivity index (χ1) is 10.5. The first-order valence-electron chi connectivity index (χ1n) is 6.18.